The van der Waals surface area contributed by atoms with E-state index in [4.69, 9.17) is 11.4 Å². The molecule has 0 aliphatic carbocycles. The maximum absolute atomic E-state index is 8.67. The standard InChI is InChI=1S/Nd.H2O.2O.V.Y/h;1H2;;;;/q;;;;+1;/p-1. The van der Waals surface area contributed by atoms with Crippen molar-refractivity contribution in [3.05, 3.63) is 0 Å². The Kier molecular flexibility index (Phi) is 27.9. The first-order chi connectivity index (χ1) is 1.73. The Morgan fingerprint density at radius 1 is 1.33 bits per heavy atom. The van der Waals surface area contributed by atoms with E-state index < -0.39 is 15.4 Å². The Morgan fingerprint density at radius 3 is 1.33 bits per heavy atom. The van der Waals surface area contributed by atoms with E-state index in [2.05, 4.69) is 0 Å². The normalized spacial score (nSPS) is 4.17. The summed E-state index contributed by atoms with van der Waals surface area (Å²) in [6.45, 7) is 0. The molecule has 0 saturated heterocycles. The molecule has 0 saturated carbocycles. The molecule has 0 aromatic carbocycles. The summed E-state index contributed by atoms with van der Waals surface area (Å²) in [5.41, 5.74) is 0. The molecule has 1 N–H and O–H groups in total. The van der Waals surface area contributed by atoms with E-state index in [1.807, 2.05) is 0 Å². The van der Waals surface area contributed by atoms with Crippen LogP contribution in [0.25, 0.3) is 0 Å². The zero-order chi connectivity index (χ0) is 3.58. The van der Waals surface area contributed by atoms with E-state index in [0.717, 1.165) is 0 Å². The van der Waals surface area contributed by atoms with Crippen molar-refractivity contribution in [2.24, 2.45) is 0 Å². The summed E-state index contributed by atoms with van der Waals surface area (Å²) >= 11 is -3.69. The van der Waals surface area contributed by atoms with Gasteiger partial charge in [-0.05, 0) is 0 Å². The molecule has 0 heterocycles. The predicted octanol–water partition coefficient (Wildman–Crippen LogP) is -0.800. The topological polar surface area (TPSA) is 54.4 Å². The van der Waals surface area contributed by atoms with Crippen molar-refractivity contribution in [2.45, 2.75) is 0 Å². The van der Waals surface area contributed by atoms with Crippen molar-refractivity contribution in [1.29, 1.82) is 0 Å². The van der Waals surface area contributed by atoms with Gasteiger partial charge in [0.05, 0.1) is 0 Å². The molecule has 0 unspecified atom stereocenters. The van der Waals surface area contributed by atoms with Gasteiger partial charge >= 0.3 is 26.8 Å². The average Bonchev–Trinajstić information content (AvgIpc) is 0.811. The van der Waals surface area contributed by atoms with E-state index in [-0.39, 0.29) is 73.5 Å². The van der Waals surface area contributed by atoms with Crippen LogP contribution in [0.1, 0.15) is 0 Å². The summed E-state index contributed by atoms with van der Waals surface area (Å²) in [5, 5.41) is 0. The zero-order valence-corrected chi connectivity index (χ0v) is 10.2. The van der Waals surface area contributed by atoms with E-state index in [0.29, 0.717) is 0 Å². The first-order valence-corrected chi connectivity index (χ1v) is 2.33. The average molecular weight is 333 g/mol. The van der Waals surface area contributed by atoms with Gasteiger partial charge in [-0.3, -0.25) is 0 Å². The van der Waals surface area contributed by atoms with Gasteiger partial charge < -0.3 is 0 Å². The molecule has 0 aliphatic heterocycles. The summed E-state index contributed by atoms with van der Waals surface area (Å²) < 4.78 is 24.4. The summed E-state index contributed by atoms with van der Waals surface area (Å²) in [6.07, 6.45) is 0. The van der Waals surface area contributed by atoms with Crippen LogP contribution in [0.2, 0.25) is 0 Å². The first-order valence-electron chi connectivity index (χ1n) is 0.565. The van der Waals surface area contributed by atoms with Gasteiger partial charge in [-0.15, -0.1) is 0 Å². The molecule has 0 fully saturated rings. The van der Waals surface area contributed by atoms with Gasteiger partial charge in [0.2, 0.25) is 0 Å². The molecule has 0 spiro atoms. The third-order valence-electron chi connectivity index (χ3n) is 0. The fraction of sp³-hybridized carbons (Fsp3) is 0. The minimum absolute atomic E-state index is 0. The van der Waals surface area contributed by atoms with Gasteiger partial charge in [-0.2, -0.15) is 0 Å². The van der Waals surface area contributed by atoms with Gasteiger partial charge in [0.15, 0.2) is 0 Å². The Labute approximate surface area is 98.0 Å². The van der Waals surface area contributed by atoms with E-state index in [1.54, 1.807) is 0 Å². The second kappa shape index (κ2) is 10.6. The molecule has 6 heavy (non-hydrogen) atoms. The quantitative estimate of drug-likeness (QED) is 0.632. The number of rotatable bonds is 0. The molecule has 0 aliphatic rings. The smallest absolute Gasteiger partial charge is 0 e. The van der Waals surface area contributed by atoms with Crippen LogP contribution in [0, 0.1) is 40.8 Å². The molecule has 0 atom stereocenters. The zero-order valence-electron chi connectivity index (χ0n) is 2.79. The van der Waals surface area contributed by atoms with Gasteiger partial charge in [-0.25, -0.2) is 0 Å². The monoisotopic (exact) mass is 331 g/mol. The van der Waals surface area contributed by atoms with Crippen molar-refractivity contribution in [2.75, 3.05) is 0 Å². The molecular weight excluding hydrogens is 332 g/mol. The van der Waals surface area contributed by atoms with Crippen LogP contribution in [-0.4, -0.2) is 4.03 Å². The number of hydrogen-bond donors (Lipinski definition) is 1. The van der Waals surface area contributed by atoms with Gasteiger partial charge in [-0.1, -0.05) is 0 Å². The van der Waals surface area contributed by atoms with Crippen LogP contribution in [0.5, 0.6) is 0 Å². The molecule has 0 aromatic heterocycles. The van der Waals surface area contributed by atoms with Gasteiger partial charge in [0.25, 0.3) is 0 Å². The van der Waals surface area contributed by atoms with Crippen LogP contribution in [-0.2, 0) is 55.5 Å². The van der Waals surface area contributed by atoms with Crippen molar-refractivity contribution < 1.29 is 100 Å². The fourth-order valence-electron chi connectivity index (χ4n) is 0. The van der Waals surface area contributed by atoms with Crippen LogP contribution >= 0.6 is 0 Å². The molecule has 0 amide bonds. The maximum Gasteiger partial charge on any atom is 0 e. The van der Waals surface area contributed by atoms with Crippen LogP contribution in [0.3, 0.4) is 0 Å². The molecule has 0 rings (SSSR count). The summed E-state index contributed by atoms with van der Waals surface area (Å²) in [6, 6.07) is 0. The van der Waals surface area contributed by atoms with Crippen molar-refractivity contribution in [1.82, 2.24) is 0 Å². The van der Waals surface area contributed by atoms with Gasteiger partial charge in [0.1, 0.15) is 0 Å². The molecule has 3 nitrogen and oxygen atoms in total. The summed E-state index contributed by atoms with van der Waals surface area (Å²) in [7, 11) is 0. The van der Waals surface area contributed by atoms with Crippen molar-refractivity contribution in [3.8, 4) is 0 Å². The third kappa shape index (κ3) is 30.6. The summed E-state index contributed by atoms with van der Waals surface area (Å²) in [4.78, 5) is 0. The molecular formula is HNdO3VY. The predicted molar refractivity (Wildman–Crippen MR) is 3.59 cm³/mol. The van der Waals surface area contributed by atoms with Crippen molar-refractivity contribution >= 4 is 0 Å². The minimum Gasteiger partial charge on any atom is 0 e. The Hall–Kier alpha value is 2.60. The van der Waals surface area contributed by atoms with E-state index >= 15 is 0 Å². The number of hydrogen-bond acceptors (Lipinski definition) is 2. The van der Waals surface area contributed by atoms with E-state index in [1.165, 1.54) is 0 Å². The molecule has 6 heteroatoms. The van der Waals surface area contributed by atoms with Gasteiger partial charge in [0, 0.05) is 73.5 Å². The summed E-state index contributed by atoms with van der Waals surface area (Å²) in [5.74, 6) is 0. The molecule has 0 bridgehead atoms. The first kappa shape index (κ1) is 15.8. The van der Waals surface area contributed by atoms with Crippen LogP contribution in [0.15, 0.2) is 0 Å². The minimum atomic E-state index is -3.69. The fourth-order valence-corrected chi connectivity index (χ4v) is 0. The van der Waals surface area contributed by atoms with E-state index in [9.17, 15) is 0 Å². The second-order valence-electron chi connectivity index (χ2n) is 0.238. The maximum atomic E-state index is 8.67. The molecule has 0 aromatic rings. The largest absolute Gasteiger partial charge is 0 e. The molecule has 31 valence electrons. The Bertz CT molecular complexity index is 59.2. The Morgan fingerprint density at radius 2 is 1.33 bits per heavy atom. The third-order valence-corrected chi connectivity index (χ3v) is 0. The van der Waals surface area contributed by atoms with Crippen molar-refractivity contribution in [3.63, 3.8) is 0 Å². The molecule has 1 radical (unpaired) electrons. The van der Waals surface area contributed by atoms with Crippen LogP contribution in [0.4, 0.5) is 0 Å². The SMILES string of the molecule is [Nd].[O]=[V](=[O])[OH].[Y]. The second-order valence-corrected chi connectivity index (χ2v) is 0.981. The Balaban J connectivity index is -0.0000000450. The van der Waals surface area contributed by atoms with Crippen LogP contribution < -0.4 is 0 Å².